The van der Waals surface area contributed by atoms with E-state index in [0.29, 0.717) is 22.8 Å². The van der Waals surface area contributed by atoms with Crippen molar-refractivity contribution in [3.05, 3.63) is 60.2 Å². The van der Waals surface area contributed by atoms with Crippen LogP contribution in [0.3, 0.4) is 0 Å². The Labute approximate surface area is 220 Å². The van der Waals surface area contributed by atoms with Crippen LogP contribution in [0.1, 0.15) is 50.5 Å². The van der Waals surface area contributed by atoms with Crippen LogP contribution in [0, 0.1) is 5.82 Å². The number of benzene rings is 1. The van der Waals surface area contributed by atoms with Crippen molar-refractivity contribution >= 4 is 40.9 Å². The van der Waals surface area contributed by atoms with Gasteiger partial charge in [-0.15, -0.1) is 0 Å². The summed E-state index contributed by atoms with van der Waals surface area (Å²) in [5.74, 6) is 1.13. The zero-order valence-electron chi connectivity index (χ0n) is 20.1. The minimum atomic E-state index is -0.211. The van der Waals surface area contributed by atoms with Crippen molar-refractivity contribution in [1.82, 2.24) is 25.3 Å². The molecule has 2 fully saturated rings. The molecule has 3 heterocycles. The summed E-state index contributed by atoms with van der Waals surface area (Å²) in [4.78, 5) is 20.4. The molecule has 1 aromatic carbocycles. The van der Waals surface area contributed by atoms with Crippen molar-refractivity contribution in [2.24, 2.45) is 0 Å². The maximum Gasteiger partial charge on any atom is 0.232 e. The molecule has 10 heteroatoms. The molecule has 0 atom stereocenters. The molecule has 0 unspecified atom stereocenters. The molecule has 2 N–H and O–H groups in total. The molecular weight excluding hydrogens is 493 g/mol. The molecule has 1 saturated carbocycles. The summed E-state index contributed by atoms with van der Waals surface area (Å²) in [7, 11) is 0. The lowest BCUT2D eigenvalue weighted by Gasteiger charge is -2.30. The fourth-order valence-electron chi connectivity index (χ4n) is 5.06. The van der Waals surface area contributed by atoms with Crippen LogP contribution < -0.4 is 15.5 Å². The van der Waals surface area contributed by atoms with Crippen LogP contribution in [0.25, 0.3) is 0 Å². The van der Waals surface area contributed by atoms with Gasteiger partial charge in [-0.2, -0.15) is 4.98 Å². The summed E-state index contributed by atoms with van der Waals surface area (Å²) >= 11 is 7.06. The predicted molar refractivity (Wildman–Crippen MR) is 145 cm³/mol. The highest BCUT2D eigenvalue weighted by molar-refractivity contribution is 7.99. The second-order valence-corrected chi connectivity index (χ2v) is 10.8. The molecule has 0 bridgehead atoms. The maximum atomic E-state index is 13.5. The van der Waals surface area contributed by atoms with Crippen LogP contribution in [-0.4, -0.2) is 44.7 Å². The molecule has 5 rings (SSSR count). The number of hydrogen-bond donors (Lipinski definition) is 2. The quantitative estimate of drug-likeness (QED) is 0.242. The Balaban J connectivity index is 1.31. The Morgan fingerprint density at radius 1 is 1.00 bits per heavy atom. The maximum absolute atomic E-state index is 13.5. The van der Waals surface area contributed by atoms with E-state index >= 15 is 0 Å². The lowest BCUT2D eigenvalue weighted by molar-refractivity contribution is 0.434. The van der Waals surface area contributed by atoms with Gasteiger partial charge in [0.1, 0.15) is 16.7 Å². The number of thiocarbonyl (C=S) groups is 1. The first kappa shape index (κ1) is 24.8. The highest BCUT2D eigenvalue weighted by Crippen LogP contribution is 2.40. The summed E-state index contributed by atoms with van der Waals surface area (Å²) in [6, 6.07) is 10.7. The van der Waals surface area contributed by atoms with Crippen molar-refractivity contribution in [3.63, 3.8) is 0 Å². The molecule has 0 spiro atoms. The molecule has 0 radical (unpaired) electrons. The molecular formula is C26H30FN7S2. The SMILES string of the molecule is Fc1ccc(C2(CNC(=S)Nc3nc(Sc4ncccn4)cc(N4CCCCC4)n3)CCCC2)cc1. The Morgan fingerprint density at radius 2 is 1.72 bits per heavy atom. The van der Waals surface area contributed by atoms with Crippen molar-refractivity contribution in [2.45, 2.75) is 60.5 Å². The van der Waals surface area contributed by atoms with Crippen LogP contribution in [0.4, 0.5) is 16.2 Å². The summed E-state index contributed by atoms with van der Waals surface area (Å²) in [5.41, 5.74) is 1.10. The predicted octanol–water partition coefficient (Wildman–Crippen LogP) is 5.35. The largest absolute Gasteiger partial charge is 0.361 e. The first-order chi connectivity index (χ1) is 17.6. The number of rotatable bonds is 7. The zero-order valence-corrected chi connectivity index (χ0v) is 21.8. The molecule has 36 heavy (non-hydrogen) atoms. The molecule has 188 valence electrons. The van der Waals surface area contributed by atoms with E-state index in [9.17, 15) is 4.39 Å². The van der Waals surface area contributed by atoms with Gasteiger partial charge in [-0.3, -0.25) is 0 Å². The fourth-order valence-corrected chi connectivity index (χ4v) is 5.93. The van der Waals surface area contributed by atoms with E-state index in [1.54, 1.807) is 30.6 Å². The first-order valence-electron chi connectivity index (χ1n) is 12.5. The van der Waals surface area contributed by atoms with Crippen molar-refractivity contribution in [3.8, 4) is 0 Å². The van der Waals surface area contributed by atoms with Crippen LogP contribution in [0.5, 0.6) is 0 Å². The number of aromatic nitrogens is 4. The summed E-state index contributed by atoms with van der Waals surface area (Å²) in [5, 5.41) is 8.48. The van der Waals surface area contributed by atoms with Gasteiger partial charge < -0.3 is 15.5 Å². The average molecular weight is 524 g/mol. The number of anilines is 2. The summed E-state index contributed by atoms with van der Waals surface area (Å²) in [6.45, 7) is 2.63. The van der Waals surface area contributed by atoms with E-state index in [2.05, 4.69) is 25.5 Å². The topological polar surface area (TPSA) is 78.9 Å². The number of nitrogens with zero attached hydrogens (tertiary/aromatic N) is 5. The monoisotopic (exact) mass is 523 g/mol. The van der Waals surface area contributed by atoms with Gasteiger partial charge in [0.15, 0.2) is 10.3 Å². The second kappa shape index (κ2) is 11.5. The Hall–Kier alpha value is -2.85. The molecule has 2 aromatic heterocycles. The van der Waals surface area contributed by atoms with Gasteiger partial charge in [0, 0.05) is 43.5 Å². The highest BCUT2D eigenvalue weighted by Gasteiger charge is 2.35. The van der Waals surface area contributed by atoms with Crippen LogP contribution in [0.15, 0.2) is 59.0 Å². The number of piperidine rings is 1. The minimum absolute atomic E-state index is 0.0540. The molecule has 7 nitrogen and oxygen atoms in total. The Morgan fingerprint density at radius 3 is 2.44 bits per heavy atom. The van der Waals surface area contributed by atoms with E-state index in [-0.39, 0.29) is 11.2 Å². The number of nitrogens with one attached hydrogen (secondary N) is 2. The van der Waals surface area contributed by atoms with E-state index < -0.39 is 0 Å². The standard InChI is InChI=1S/C26H30FN7S2/c27-20-9-7-19(8-10-20)26(11-2-3-12-26)18-30-24(35)33-23-31-21(34-15-4-1-5-16-34)17-22(32-23)36-25-28-13-6-14-29-25/h6-10,13-14,17H,1-5,11-12,15-16,18H2,(H2,30,31,32,33,35). The fraction of sp³-hybridized carbons (Fsp3) is 0.423. The van der Waals surface area contributed by atoms with E-state index in [1.165, 1.54) is 18.2 Å². The van der Waals surface area contributed by atoms with Gasteiger partial charge in [0.25, 0.3) is 0 Å². The third-order valence-electron chi connectivity index (χ3n) is 6.94. The molecule has 0 amide bonds. The van der Waals surface area contributed by atoms with Gasteiger partial charge in [0.05, 0.1) is 0 Å². The smallest absolute Gasteiger partial charge is 0.232 e. The number of halogens is 1. The van der Waals surface area contributed by atoms with Crippen molar-refractivity contribution in [1.29, 1.82) is 0 Å². The third-order valence-corrected chi connectivity index (χ3v) is 8.00. The molecule has 1 aliphatic heterocycles. The minimum Gasteiger partial charge on any atom is -0.361 e. The van der Waals surface area contributed by atoms with E-state index in [0.717, 1.165) is 68.0 Å². The summed E-state index contributed by atoms with van der Waals surface area (Å²) in [6.07, 6.45) is 11.4. The normalized spacial score (nSPS) is 17.1. The van der Waals surface area contributed by atoms with Crippen molar-refractivity contribution in [2.75, 3.05) is 29.9 Å². The van der Waals surface area contributed by atoms with Gasteiger partial charge >= 0.3 is 0 Å². The van der Waals surface area contributed by atoms with Crippen LogP contribution in [0.2, 0.25) is 0 Å². The van der Waals surface area contributed by atoms with Gasteiger partial charge in [-0.25, -0.2) is 19.3 Å². The van der Waals surface area contributed by atoms with Gasteiger partial charge in [-0.05, 0) is 79.8 Å². The van der Waals surface area contributed by atoms with Gasteiger partial charge in [0.2, 0.25) is 5.95 Å². The molecule has 1 aliphatic carbocycles. The van der Waals surface area contributed by atoms with Crippen molar-refractivity contribution < 1.29 is 4.39 Å². The van der Waals surface area contributed by atoms with Gasteiger partial charge in [-0.1, -0.05) is 25.0 Å². The van der Waals surface area contributed by atoms with E-state index in [1.807, 2.05) is 18.2 Å². The highest BCUT2D eigenvalue weighted by atomic mass is 32.2. The second-order valence-electron chi connectivity index (χ2n) is 9.37. The average Bonchev–Trinajstić information content (AvgIpc) is 3.39. The van der Waals surface area contributed by atoms with Crippen LogP contribution >= 0.6 is 24.0 Å². The molecule has 1 saturated heterocycles. The Kier molecular flexibility index (Phi) is 7.91. The number of hydrogen-bond acceptors (Lipinski definition) is 7. The van der Waals surface area contributed by atoms with E-state index in [4.69, 9.17) is 22.2 Å². The molecule has 3 aromatic rings. The Bertz CT molecular complexity index is 1160. The van der Waals surface area contributed by atoms with Crippen LogP contribution in [-0.2, 0) is 5.41 Å². The third kappa shape index (κ3) is 6.10. The summed E-state index contributed by atoms with van der Waals surface area (Å²) < 4.78 is 13.5. The molecule has 2 aliphatic rings. The lowest BCUT2D eigenvalue weighted by atomic mass is 9.79. The zero-order chi connectivity index (χ0) is 24.8. The lowest BCUT2D eigenvalue weighted by Crippen LogP contribution is -2.41. The first-order valence-corrected chi connectivity index (χ1v) is 13.7.